The fourth-order valence-electron chi connectivity index (χ4n) is 4.44. The number of benzene rings is 2. The quantitative estimate of drug-likeness (QED) is 0.379. The van der Waals surface area contributed by atoms with Gasteiger partial charge in [0.25, 0.3) is 5.91 Å². The van der Waals surface area contributed by atoms with E-state index in [4.69, 9.17) is 0 Å². The Labute approximate surface area is 220 Å². The second kappa shape index (κ2) is 13.1. The predicted octanol–water partition coefficient (Wildman–Crippen LogP) is 5.76. The number of hydrogen-bond donors (Lipinski definition) is 0. The number of halogens is 3. The maximum Gasteiger partial charge on any atom is 0.274 e. The van der Waals surface area contributed by atoms with Crippen molar-refractivity contribution in [1.82, 2.24) is 19.4 Å². The summed E-state index contributed by atoms with van der Waals surface area (Å²) in [5.41, 5.74) is 3.98. The molecule has 0 aliphatic carbocycles. The van der Waals surface area contributed by atoms with Crippen molar-refractivity contribution < 1.29 is 9.18 Å². The van der Waals surface area contributed by atoms with Crippen LogP contribution in [0.15, 0.2) is 55.0 Å². The summed E-state index contributed by atoms with van der Waals surface area (Å²) in [6, 6.07) is 13.3. The van der Waals surface area contributed by atoms with Gasteiger partial charge in [-0.2, -0.15) is 0 Å². The number of rotatable bonds is 8. The van der Waals surface area contributed by atoms with E-state index in [0.29, 0.717) is 17.8 Å². The molecule has 4 rings (SSSR count). The second-order valence-electron chi connectivity index (χ2n) is 9.26. The van der Waals surface area contributed by atoms with E-state index in [1.807, 2.05) is 39.1 Å². The van der Waals surface area contributed by atoms with Crippen molar-refractivity contribution in [3.63, 3.8) is 0 Å². The van der Waals surface area contributed by atoms with Crippen molar-refractivity contribution in [3.8, 4) is 11.1 Å². The molecule has 0 unspecified atom stereocenters. The Bertz CT molecular complexity index is 1110. The van der Waals surface area contributed by atoms with Crippen LogP contribution in [-0.2, 0) is 20.0 Å². The topological polar surface area (TPSA) is 41.4 Å². The molecule has 1 aliphatic rings. The van der Waals surface area contributed by atoms with Crippen molar-refractivity contribution in [3.05, 3.63) is 77.6 Å². The number of likely N-dealkylation sites (tertiary alicyclic amines) is 1. The number of hydrogen-bond acceptors (Lipinski definition) is 3. The number of aromatic nitrogens is 2. The Hall–Kier alpha value is -2.41. The minimum Gasteiger partial charge on any atom is -0.340 e. The lowest BCUT2D eigenvalue weighted by Gasteiger charge is -2.26. The summed E-state index contributed by atoms with van der Waals surface area (Å²) in [4.78, 5) is 21.5. The number of imidazole rings is 1. The highest BCUT2D eigenvalue weighted by Gasteiger charge is 2.21. The lowest BCUT2D eigenvalue weighted by molar-refractivity contribution is 0.0684. The molecule has 0 N–H and O–H groups in total. The normalized spacial score (nSPS) is 13.4. The molecular weight excluding hydrogens is 486 g/mol. The number of amides is 1. The van der Waals surface area contributed by atoms with Crippen LogP contribution in [-0.4, -0.2) is 50.9 Å². The third kappa shape index (κ3) is 7.29. The Morgan fingerprint density at radius 2 is 1.83 bits per heavy atom. The van der Waals surface area contributed by atoms with Crippen LogP contribution in [0.25, 0.3) is 11.1 Å². The van der Waals surface area contributed by atoms with Gasteiger partial charge < -0.3 is 14.4 Å². The molecule has 0 spiro atoms. The van der Waals surface area contributed by atoms with Crippen molar-refractivity contribution in [2.45, 2.75) is 45.7 Å². The summed E-state index contributed by atoms with van der Waals surface area (Å²) in [7, 11) is 1.84. The maximum atomic E-state index is 14.8. The molecule has 35 heavy (non-hydrogen) atoms. The first-order valence-corrected chi connectivity index (χ1v) is 11.8. The van der Waals surface area contributed by atoms with Crippen LogP contribution in [0, 0.1) is 5.82 Å². The first-order valence-electron chi connectivity index (χ1n) is 11.8. The van der Waals surface area contributed by atoms with E-state index in [9.17, 15) is 9.18 Å². The van der Waals surface area contributed by atoms with Gasteiger partial charge in [-0.1, -0.05) is 30.3 Å². The summed E-state index contributed by atoms with van der Waals surface area (Å²) < 4.78 is 16.6. The highest BCUT2D eigenvalue weighted by atomic mass is 35.5. The van der Waals surface area contributed by atoms with E-state index in [0.717, 1.165) is 24.1 Å². The Morgan fingerprint density at radius 3 is 2.49 bits per heavy atom. The summed E-state index contributed by atoms with van der Waals surface area (Å²) in [5, 5.41) is 0. The first kappa shape index (κ1) is 28.8. The lowest BCUT2D eigenvalue weighted by Crippen LogP contribution is -2.36. The summed E-state index contributed by atoms with van der Waals surface area (Å²) in [5.74, 6) is -0.372. The number of nitrogens with zero attached hydrogens (tertiary/aromatic N) is 4. The van der Waals surface area contributed by atoms with Gasteiger partial charge in [-0.05, 0) is 75.0 Å². The van der Waals surface area contributed by atoms with Crippen LogP contribution in [0.3, 0.4) is 0 Å². The van der Waals surface area contributed by atoms with E-state index in [1.165, 1.54) is 37.6 Å². The van der Waals surface area contributed by atoms with Gasteiger partial charge in [0.1, 0.15) is 11.5 Å². The fourth-order valence-corrected chi connectivity index (χ4v) is 4.44. The molecule has 0 saturated carbocycles. The Morgan fingerprint density at radius 1 is 1.09 bits per heavy atom. The summed E-state index contributed by atoms with van der Waals surface area (Å²) in [6.07, 6.45) is 6.89. The van der Waals surface area contributed by atoms with Gasteiger partial charge in [0.15, 0.2) is 0 Å². The molecule has 0 bridgehead atoms. The smallest absolute Gasteiger partial charge is 0.274 e. The van der Waals surface area contributed by atoms with Crippen LogP contribution in [0.2, 0.25) is 0 Å². The number of carbonyl (C=O) groups is 1. The number of carbonyl (C=O) groups excluding carboxylic acids is 1. The van der Waals surface area contributed by atoms with E-state index < -0.39 is 0 Å². The fraction of sp³-hybridized carbons (Fsp3) is 0.407. The van der Waals surface area contributed by atoms with Crippen molar-refractivity contribution in [2.75, 3.05) is 19.6 Å². The maximum absolute atomic E-state index is 14.8. The SMILES string of the molecule is CC(C)N(Cc1ccc(F)c(-c2cccc(CCN3CCCC3)c2)c1)C(=O)c1cn(C)cn1.Cl.Cl. The highest BCUT2D eigenvalue weighted by molar-refractivity contribution is 5.92. The molecule has 2 heterocycles. The molecule has 1 aliphatic heterocycles. The molecule has 0 atom stereocenters. The highest BCUT2D eigenvalue weighted by Crippen LogP contribution is 2.26. The average Bonchev–Trinajstić information content (AvgIpc) is 3.48. The Kier molecular flexibility index (Phi) is 10.7. The van der Waals surface area contributed by atoms with Gasteiger partial charge in [-0.15, -0.1) is 24.8 Å². The second-order valence-corrected chi connectivity index (χ2v) is 9.26. The van der Waals surface area contributed by atoms with Crippen LogP contribution >= 0.6 is 24.8 Å². The third-order valence-electron chi connectivity index (χ3n) is 6.35. The minimum atomic E-state index is -0.248. The van der Waals surface area contributed by atoms with E-state index in [2.05, 4.69) is 22.0 Å². The summed E-state index contributed by atoms with van der Waals surface area (Å²) in [6.45, 7) is 7.77. The molecule has 1 saturated heterocycles. The van der Waals surface area contributed by atoms with Gasteiger partial charge in [0.2, 0.25) is 0 Å². The Balaban J connectivity index is 0.00000216. The average molecular weight is 522 g/mol. The van der Waals surface area contributed by atoms with Crippen LogP contribution < -0.4 is 0 Å². The van der Waals surface area contributed by atoms with Crippen molar-refractivity contribution >= 4 is 30.7 Å². The largest absolute Gasteiger partial charge is 0.340 e. The standard InChI is InChI=1S/C27H33FN4O.2ClH/c1-20(2)32(27(33)26-18-30(3)19-29-26)17-22-9-10-25(28)24(16-22)23-8-6-7-21(15-23)11-14-31-12-4-5-13-31;;/h6-10,15-16,18-20H,4-5,11-14,17H2,1-3H3;2*1H. The zero-order valence-corrected chi connectivity index (χ0v) is 22.2. The van der Waals surface area contributed by atoms with Gasteiger partial charge in [-0.25, -0.2) is 9.37 Å². The van der Waals surface area contributed by atoms with Crippen LogP contribution in [0.4, 0.5) is 4.39 Å². The molecule has 190 valence electrons. The van der Waals surface area contributed by atoms with Crippen molar-refractivity contribution in [2.24, 2.45) is 7.05 Å². The van der Waals surface area contributed by atoms with Gasteiger partial charge in [0.05, 0.1) is 6.33 Å². The van der Waals surface area contributed by atoms with Crippen LogP contribution in [0.5, 0.6) is 0 Å². The minimum absolute atomic E-state index is 0. The molecule has 8 heteroatoms. The summed E-state index contributed by atoms with van der Waals surface area (Å²) >= 11 is 0. The molecule has 1 aromatic heterocycles. The zero-order valence-electron chi connectivity index (χ0n) is 20.6. The monoisotopic (exact) mass is 520 g/mol. The predicted molar refractivity (Wildman–Crippen MR) is 144 cm³/mol. The molecule has 1 amide bonds. The molecule has 3 aromatic rings. The molecule has 0 radical (unpaired) electrons. The van der Waals surface area contributed by atoms with Gasteiger partial charge >= 0.3 is 0 Å². The first-order chi connectivity index (χ1) is 15.9. The molecular formula is C27H35Cl2FN4O. The molecule has 2 aromatic carbocycles. The van der Waals surface area contributed by atoms with Crippen molar-refractivity contribution in [1.29, 1.82) is 0 Å². The number of aryl methyl sites for hydroxylation is 1. The van der Waals surface area contributed by atoms with E-state index >= 15 is 0 Å². The molecule has 5 nitrogen and oxygen atoms in total. The lowest BCUT2D eigenvalue weighted by atomic mass is 9.99. The van der Waals surface area contributed by atoms with E-state index in [1.54, 1.807) is 28.1 Å². The zero-order chi connectivity index (χ0) is 23.4. The van der Waals surface area contributed by atoms with E-state index in [-0.39, 0.29) is 42.6 Å². The third-order valence-corrected chi connectivity index (χ3v) is 6.35. The molecule has 1 fully saturated rings. The van der Waals surface area contributed by atoms with Crippen LogP contribution in [0.1, 0.15) is 48.3 Å². The van der Waals surface area contributed by atoms with Gasteiger partial charge in [0, 0.05) is 37.9 Å². The van der Waals surface area contributed by atoms with Gasteiger partial charge in [-0.3, -0.25) is 4.79 Å².